The van der Waals surface area contributed by atoms with Gasteiger partial charge in [-0.25, -0.2) is 4.98 Å². The Balaban J connectivity index is 2.21. The largest absolute Gasteiger partial charge is 0.369 e. The fourth-order valence-corrected chi connectivity index (χ4v) is 2.07. The van der Waals surface area contributed by atoms with Gasteiger partial charge in [-0.15, -0.1) is 0 Å². The maximum absolute atomic E-state index is 11.8. The van der Waals surface area contributed by atoms with Crippen molar-refractivity contribution in [2.75, 3.05) is 13.6 Å². The van der Waals surface area contributed by atoms with Crippen LogP contribution in [0.3, 0.4) is 0 Å². The highest BCUT2D eigenvalue weighted by molar-refractivity contribution is 9.10. The number of hydrogen-bond acceptors (Lipinski definition) is 4. The van der Waals surface area contributed by atoms with E-state index in [-0.39, 0.29) is 12.1 Å². The molecule has 5 nitrogen and oxygen atoms in total. The van der Waals surface area contributed by atoms with Crippen molar-refractivity contribution in [2.24, 2.45) is 0 Å². The Bertz CT molecular complexity index is 605. The average molecular weight is 323 g/mol. The molecule has 1 aromatic heterocycles. The lowest BCUT2D eigenvalue weighted by atomic mass is 10.0. The van der Waals surface area contributed by atoms with E-state index in [0.717, 1.165) is 0 Å². The van der Waals surface area contributed by atoms with Crippen molar-refractivity contribution in [3.63, 3.8) is 0 Å². The number of carbonyl (C=O) groups excluding carboxylic acids is 2. The first kappa shape index (κ1) is 13.7. The zero-order valence-electron chi connectivity index (χ0n) is 10.2. The van der Waals surface area contributed by atoms with Gasteiger partial charge < -0.3 is 10.0 Å². The number of Topliss-reactive ketones (excluding diaryl/α,β-unsaturated/α-hetero) is 1. The second-order valence-electron chi connectivity index (χ2n) is 4.26. The first-order valence-electron chi connectivity index (χ1n) is 5.60. The number of pyridine rings is 1. The van der Waals surface area contributed by atoms with Gasteiger partial charge in [0.1, 0.15) is 10.3 Å². The molecule has 2 heterocycles. The van der Waals surface area contributed by atoms with Crippen LogP contribution >= 0.6 is 15.9 Å². The number of rotatable bonds is 1. The molecule has 1 fully saturated rings. The van der Waals surface area contributed by atoms with Gasteiger partial charge in [-0.1, -0.05) is 6.07 Å². The number of nitrogens with zero attached hydrogens (tertiary/aromatic N) is 2. The smallest absolute Gasteiger partial charge is 0.267 e. The molecule has 0 radical (unpaired) electrons. The number of likely N-dealkylation sites (N-methyl/N-ethyl adjacent to an activating group) is 1. The van der Waals surface area contributed by atoms with Crippen LogP contribution in [-0.2, 0) is 4.79 Å². The molecule has 0 aliphatic carbocycles. The van der Waals surface area contributed by atoms with Gasteiger partial charge in [0.15, 0.2) is 0 Å². The maximum Gasteiger partial charge on any atom is 0.267 e. The van der Waals surface area contributed by atoms with Crippen LogP contribution in [0.15, 0.2) is 22.8 Å². The zero-order chi connectivity index (χ0) is 14.0. The van der Waals surface area contributed by atoms with E-state index < -0.39 is 17.3 Å². The molecule has 1 amide bonds. The van der Waals surface area contributed by atoms with E-state index in [2.05, 4.69) is 32.8 Å². The van der Waals surface area contributed by atoms with Crippen molar-refractivity contribution in [1.29, 1.82) is 0 Å². The van der Waals surface area contributed by atoms with Gasteiger partial charge in [-0.3, -0.25) is 9.59 Å². The molecule has 6 heteroatoms. The molecule has 98 valence electrons. The maximum atomic E-state index is 11.8. The summed E-state index contributed by atoms with van der Waals surface area (Å²) in [5.41, 5.74) is -1.58. The third-order valence-corrected chi connectivity index (χ3v) is 3.28. The van der Waals surface area contributed by atoms with Crippen molar-refractivity contribution >= 4 is 27.6 Å². The Morgan fingerprint density at radius 1 is 1.58 bits per heavy atom. The molecule has 0 unspecified atom stereocenters. The molecule has 1 aliphatic rings. The summed E-state index contributed by atoms with van der Waals surface area (Å²) in [6, 6.07) is 4.87. The summed E-state index contributed by atoms with van der Waals surface area (Å²) in [6.45, 7) is 0.424. The lowest BCUT2D eigenvalue weighted by Crippen LogP contribution is -2.37. The highest BCUT2D eigenvalue weighted by Crippen LogP contribution is 2.20. The molecule has 0 spiro atoms. The lowest BCUT2D eigenvalue weighted by Gasteiger charge is -2.12. The number of aliphatic hydroxyl groups is 1. The van der Waals surface area contributed by atoms with Gasteiger partial charge in [-0.2, -0.15) is 0 Å². The fourth-order valence-electron chi connectivity index (χ4n) is 1.73. The minimum atomic E-state index is -1.75. The molecule has 1 aliphatic heterocycles. The van der Waals surface area contributed by atoms with E-state index in [0.29, 0.717) is 11.1 Å². The summed E-state index contributed by atoms with van der Waals surface area (Å²) < 4.78 is 0.524. The molecular weight excluding hydrogens is 312 g/mol. The highest BCUT2D eigenvalue weighted by Gasteiger charge is 2.42. The summed E-state index contributed by atoms with van der Waals surface area (Å²) >= 11 is 3.15. The second kappa shape index (κ2) is 5.11. The topological polar surface area (TPSA) is 70.5 Å². The zero-order valence-corrected chi connectivity index (χ0v) is 11.8. The van der Waals surface area contributed by atoms with Crippen LogP contribution in [-0.4, -0.2) is 45.9 Å². The van der Waals surface area contributed by atoms with Crippen molar-refractivity contribution < 1.29 is 14.7 Å². The number of hydrogen-bond donors (Lipinski definition) is 1. The number of carbonyl (C=O) groups is 2. The predicted octanol–water partition coefficient (Wildman–Crippen LogP) is 0.623. The van der Waals surface area contributed by atoms with Gasteiger partial charge in [0, 0.05) is 20.0 Å². The predicted molar refractivity (Wildman–Crippen MR) is 71.2 cm³/mol. The van der Waals surface area contributed by atoms with E-state index in [1.54, 1.807) is 19.2 Å². The Hall–Kier alpha value is -1.71. The molecule has 2 rings (SSSR count). The molecule has 19 heavy (non-hydrogen) atoms. The van der Waals surface area contributed by atoms with E-state index in [9.17, 15) is 14.7 Å². The average Bonchev–Trinajstić information content (AvgIpc) is 2.65. The number of likely N-dealkylation sites (tertiary alicyclic amines) is 1. The molecule has 1 saturated heterocycles. The Kier molecular flexibility index (Phi) is 3.69. The van der Waals surface area contributed by atoms with E-state index in [1.165, 1.54) is 11.0 Å². The Morgan fingerprint density at radius 2 is 2.32 bits per heavy atom. The SMILES string of the molecule is CN1CC[C@@](O)(C#CC(=O)c2cccc(Br)n2)C1=O. The molecule has 0 aromatic carbocycles. The van der Waals surface area contributed by atoms with E-state index >= 15 is 0 Å². The molecule has 0 bridgehead atoms. The summed E-state index contributed by atoms with van der Waals surface area (Å²) in [5.74, 6) is 3.65. The van der Waals surface area contributed by atoms with E-state index in [1.807, 2.05) is 0 Å². The van der Waals surface area contributed by atoms with Crippen molar-refractivity contribution in [2.45, 2.75) is 12.0 Å². The summed E-state index contributed by atoms with van der Waals surface area (Å²) in [4.78, 5) is 28.8. The van der Waals surface area contributed by atoms with Crippen LogP contribution in [0.5, 0.6) is 0 Å². The van der Waals surface area contributed by atoms with Crippen molar-refractivity contribution in [1.82, 2.24) is 9.88 Å². The van der Waals surface area contributed by atoms with Crippen LogP contribution in [0.1, 0.15) is 16.9 Å². The number of aromatic nitrogens is 1. The van der Waals surface area contributed by atoms with Crippen LogP contribution in [0.4, 0.5) is 0 Å². The third kappa shape index (κ3) is 2.83. The number of halogens is 1. The van der Waals surface area contributed by atoms with Crippen LogP contribution in [0.25, 0.3) is 0 Å². The first-order valence-corrected chi connectivity index (χ1v) is 6.40. The minimum absolute atomic E-state index is 0.171. The highest BCUT2D eigenvalue weighted by atomic mass is 79.9. The van der Waals surface area contributed by atoms with Gasteiger partial charge in [0.05, 0.1) is 0 Å². The summed E-state index contributed by atoms with van der Waals surface area (Å²) in [7, 11) is 1.58. The molecular formula is C13H11BrN2O3. The molecule has 1 N–H and O–H groups in total. The standard InChI is InChI=1S/C13H11BrN2O3/c1-16-8-7-13(19,12(16)18)6-5-10(17)9-3-2-4-11(14)15-9/h2-4,19H,7-8H2,1H3/t13-/m0/s1. The summed E-state index contributed by atoms with van der Waals surface area (Å²) in [6.07, 6.45) is 0.203. The van der Waals surface area contributed by atoms with Gasteiger partial charge in [-0.05, 0) is 39.9 Å². The number of amides is 1. The fraction of sp³-hybridized carbons (Fsp3) is 0.308. The van der Waals surface area contributed by atoms with Crippen LogP contribution in [0, 0.1) is 11.8 Å². The van der Waals surface area contributed by atoms with Gasteiger partial charge in [0.2, 0.25) is 5.60 Å². The minimum Gasteiger partial charge on any atom is -0.369 e. The second-order valence-corrected chi connectivity index (χ2v) is 5.07. The number of ketones is 1. The van der Waals surface area contributed by atoms with Crippen molar-refractivity contribution in [3.8, 4) is 11.8 Å². The lowest BCUT2D eigenvalue weighted by molar-refractivity contribution is -0.137. The molecule has 0 saturated carbocycles. The third-order valence-electron chi connectivity index (χ3n) is 2.84. The van der Waals surface area contributed by atoms with Gasteiger partial charge in [0.25, 0.3) is 11.7 Å². The Labute approximate surface area is 118 Å². The Morgan fingerprint density at radius 3 is 2.89 bits per heavy atom. The van der Waals surface area contributed by atoms with Crippen molar-refractivity contribution in [3.05, 3.63) is 28.5 Å². The first-order chi connectivity index (χ1) is 8.92. The van der Waals surface area contributed by atoms with E-state index in [4.69, 9.17) is 0 Å². The van der Waals surface area contributed by atoms with Gasteiger partial charge >= 0.3 is 0 Å². The van der Waals surface area contributed by atoms with Crippen LogP contribution in [0.2, 0.25) is 0 Å². The quantitative estimate of drug-likeness (QED) is 0.356. The monoisotopic (exact) mass is 322 g/mol. The summed E-state index contributed by atoms with van der Waals surface area (Å²) in [5, 5.41) is 10.0. The normalized spacial score (nSPS) is 22.1. The molecule has 1 aromatic rings. The molecule has 1 atom stereocenters. The van der Waals surface area contributed by atoms with Crippen LogP contribution < -0.4 is 0 Å².